The molecule has 0 aromatic heterocycles. The molecule has 2 aromatic rings. The molecule has 2 nitrogen and oxygen atoms in total. The lowest BCUT2D eigenvalue weighted by atomic mass is 10.1. The molecule has 0 heterocycles. The van der Waals surface area contributed by atoms with Gasteiger partial charge in [-0.15, -0.1) is 0 Å². The van der Waals surface area contributed by atoms with E-state index in [4.69, 9.17) is 5.26 Å². The minimum Gasteiger partial charge on any atom is -0.380 e. The molecule has 2 aromatic carbocycles. The van der Waals surface area contributed by atoms with E-state index in [0.29, 0.717) is 12.2 Å². The molecule has 0 amide bonds. The van der Waals surface area contributed by atoms with Crippen molar-refractivity contribution in [2.45, 2.75) is 13.5 Å². The number of rotatable bonds is 3. The number of hydrogen-bond acceptors (Lipinski definition) is 2. The van der Waals surface area contributed by atoms with Crippen molar-refractivity contribution >= 4 is 5.69 Å². The highest BCUT2D eigenvalue weighted by molar-refractivity contribution is 5.57. The van der Waals surface area contributed by atoms with Crippen LogP contribution in [-0.2, 0) is 6.54 Å². The Hall–Kier alpha value is -2.41. The number of halogens is 2. The second kappa shape index (κ2) is 5.49. The van der Waals surface area contributed by atoms with Crippen molar-refractivity contribution in [1.29, 1.82) is 5.26 Å². The molecule has 2 rings (SSSR count). The van der Waals surface area contributed by atoms with Crippen molar-refractivity contribution in [2.24, 2.45) is 0 Å². The molecule has 19 heavy (non-hydrogen) atoms. The van der Waals surface area contributed by atoms with Gasteiger partial charge in [0, 0.05) is 6.54 Å². The number of nitrogens with one attached hydrogen (secondary N) is 1. The van der Waals surface area contributed by atoms with Gasteiger partial charge in [0.25, 0.3) is 0 Å². The second-order valence-electron chi connectivity index (χ2n) is 4.23. The van der Waals surface area contributed by atoms with Gasteiger partial charge >= 0.3 is 0 Å². The third-order valence-corrected chi connectivity index (χ3v) is 2.88. The van der Waals surface area contributed by atoms with Crippen molar-refractivity contribution in [1.82, 2.24) is 0 Å². The molecule has 0 atom stereocenters. The number of nitrogens with zero attached hydrogens (tertiary/aromatic N) is 1. The lowest BCUT2D eigenvalue weighted by Crippen LogP contribution is -2.03. The normalized spacial score (nSPS) is 10.0. The van der Waals surface area contributed by atoms with Gasteiger partial charge in [-0.25, -0.2) is 8.78 Å². The van der Waals surface area contributed by atoms with Crippen LogP contribution < -0.4 is 5.32 Å². The van der Waals surface area contributed by atoms with Gasteiger partial charge in [-0.05, 0) is 48.4 Å². The first kappa shape index (κ1) is 13.0. The van der Waals surface area contributed by atoms with Gasteiger partial charge in [-0.3, -0.25) is 0 Å². The molecular formula is C15H12F2N2. The molecule has 0 radical (unpaired) electrons. The average Bonchev–Trinajstić information content (AvgIpc) is 2.40. The van der Waals surface area contributed by atoms with Crippen LogP contribution in [0.4, 0.5) is 14.5 Å². The molecule has 0 aliphatic carbocycles. The number of aryl methyl sites for hydroxylation is 1. The fourth-order valence-corrected chi connectivity index (χ4v) is 1.78. The summed E-state index contributed by atoms with van der Waals surface area (Å²) >= 11 is 0. The Morgan fingerprint density at radius 2 is 1.79 bits per heavy atom. The van der Waals surface area contributed by atoms with Crippen molar-refractivity contribution < 1.29 is 8.78 Å². The number of benzene rings is 2. The Morgan fingerprint density at radius 3 is 2.53 bits per heavy atom. The summed E-state index contributed by atoms with van der Waals surface area (Å²) in [5, 5.41) is 11.9. The Balaban J connectivity index is 2.19. The van der Waals surface area contributed by atoms with E-state index in [9.17, 15) is 8.78 Å². The third-order valence-electron chi connectivity index (χ3n) is 2.88. The minimum atomic E-state index is -0.455. The van der Waals surface area contributed by atoms with Gasteiger partial charge in [0.2, 0.25) is 0 Å². The van der Waals surface area contributed by atoms with Crippen LogP contribution in [0.25, 0.3) is 0 Å². The van der Waals surface area contributed by atoms with Gasteiger partial charge in [-0.2, -0.15) is 5.26 Å². The summed E-state index contributed by atoms with van der Waals surface area (Å²) in [5.41, 5.74) is 2.52. The van der Waals surface area contributed by atoms with Crippen LogP contribution in [0.5, 0.6) is 0 Å². The van der Waals surface area contributed by atoms with E-state index in [1.54, 1.807) is 6.07 Å². The zero-order valence-corrected chi connectivity index (χ0v) is 10.4. The van der Waals surface area contributed by atoms with Crippen LogP contribution in [-0.4, -0.2) is 0 Å². The zero-order chi connectivity index (χ0) is 13.8. The number of anilines is 1. The molecule has 0 aliphatic rings. The first-order valence-electron chi connectivity index (χ1n) is 5.78. The quantitative estimate of drug-likeness (QED) is 0.909. The zero-order valence-electron chi connectivity index (χ0n) is 10.4. The summed E-state index contributed by atoms with van der Waals surface area (Å²) in [4.78, 5) is 0. The Labute approximate surface area is 110 Å². The van der Waals surface area contributed by atoms with E-state index in [-0.39, 0.29) is 11.4 Å². The van der Waals surface area contributed by atoms with Crippen molar-refractivity contribution in [3.8, 4) is 6.07 Å². The molecule has 0 unspecified atom stereocenters. The average molecular weight is 258 g/mol. The Bertz CT molecular complexity index is 645. The molecule has 0 spiro atoms. The van der Waals surface area contributed by atoms with Crippen LogP contribution in [0.3, 0.4) is 0 Å². The summed E-state index contributed by atoms with van der Waals surface area (Å²) in [5.74, 6) is -0.758. The number of nitriles is 1. The topological polar surface area (TPSA) is 35.8 Å². The third kappa shape index (κ3) is 3.08. The molecule has 1 N–H and O–H groups in total. The maximum absolute atomic E-state index is 13.1. The van der Waals surface area contributed by atoms with Crippen LogP contribution in [0.2, 0.25) is 0 Å². The van der Waals surface area contributed by atoms with Crippen molar-refractivity contribution in [2.75, 3.05) is 5.32 Å². The van der Waals surface area contributed by atoms with E-state index < -0.39 is 5.82 Å². The van der Waals surface area contributed by atoms with Gasteiger partial charge in [0.15, 0.2) is 0 Å². The first-order chi connectivity index (χ1) is 9.10. The smallest absolute Gasteiger partial charge is 0.124 e. The summed E-state index contributed by atoms with van der Waals surface area (Å²) in [6.45, 7) is 2.26. The summed E-state index contributed by atoms with van der Waals surface area (Å²) in [6.07, 6.45) is 0. The van der Waals surface area contributed by atoms with Gasteiger partial charge < -0.3 is 5.32 Å². The largest absolute Gasteiger partial charge is 0.380 e. The molecular weight excluding hydrogens is 246 g/mol. The molecule has 0 bridgehead atoms. The number of hydrogen-bond donors (Lipinski definition) is 1. The molecule has 96 valence electrons. The van der Waals surface area contributed by atoms with Crippen LogP contribution in [0.1, 0.15) is 16.7 Å². The molecule has 0 aliphatic heterocycles. The maximum Gasteiger partial charge on any atom is 0.124 e. The predicted octanol–water partition coefficient (Wildman–Crippen LogP) is 3.76. The summed E-state index contributed by atoms with van der Waals surface area (Å²) < 4.78 is 26.1. The van der Waals surface area contributed by atoms with Gasteiger partial charge in [0.1, 0.15) is 17.7 Å². The summed E-state index contributed by atoms with van der Waals surface area (Å²) in [6, 6.07) is 10.4. The van der Waals surface area contributed by atoms with Crippen molar-refractivity contribution in [3.63, 3.8) is 0 Å². The monoisotopic (exact) mass is 258 g/mol. The predicted molar refractivity (Wildman–Crippen MR) is 69.6 cm³/mol. The SMILES string of the molecule is Cc1ccc(F)cc1CNc1ccc(F)cc1C#N. The highest BCUT2D eigenvalue weighted by atomic mass is 19.1. The molecule has 0 fully saturated rings. The lowest BCUT2D eigenvalue weighted by Gasteiger charge is -2.10. The van der Waals surface area contributed by atoms with E-state index in [1.165, 1.54) is 30.3 Å². The van der Waals surface area contributed by atoms with Gasteiger partial charge in [0.05, 0.1) is 11.3 Å². The van der Waals surface area contributed by atoms with E-state index >= 15 is 0 Å². The van der Waals surface area contributed by atoms with E-state index in [0.717, 1.165) is 11.1 Å². The fraction of sp³-hybridized carbons (Fsp3) is 0.133. The fourth-order valence-electron chi connectivity index (χ4n) is 1.78. The lowest BCUT2D eigenvalue weighted by molar-refractivity contribution is 0.625. The Kier molecular flexibility index (Phi) is 3.76. The van der Waals surface area contributed by atoms with Crippen LogP contribution >= 0.6 is 0 Å². The highest BCUT2D eigenvalue weighted by Crippen LogP contribution is 2.18. The van der Waals surface area contributed by atoms with Crippen molar-refractivity contribution in [3.05, 3.63) is 64.7 Å². The molecule has 4 heteroatoms. The van der Waals surface area contributed by atoms with Crippen LogP contribution in [0.15, 0.2) is 36.4 Å². The second-order valence-corrected chi connectivity index (χ2v) is 4.23. The van der Waals surface area contributed by atoms with Crippen LogP contribution in [0, 0.1) is 29.9 Å². The molecule has 0 saturated carbocycles. The maximum atomic E-state index is 13.1. The molecule has 0 saturated heterocycles. The minimum absolute atomic E-state index is 0.231. The summed E-state index contributed by atoms with van der Waals surface area (Å²) in [7, 11) is 0. The first-order valence-corrected chi connectivity index (χ1v) is 5.78. The van der Waals surface area contributed by atoms with Gasteiger partial charge in [-0.1, -0.05) is 6.07 Å². The highest BCUT2D eigenvalue weighted by Gasteiger charge is 2.05. The van der Waals surface area contributed by atoms with E-state index in [1.807, 2.05) is 13.0 Å². The van der Waals surface area contributed by atoms with E-state index in [2.05, 4.69) is 5.32 Å². The standard InChI is InChI=1S/C15H12F2N2/c1-10-2-3-13(16)7-12(10)9-19-15-5-4-14(17)6-11(15)8-18/h2-7,19H,9H2,1H3. The Morgan fingerprint density at radius 1 is 1.11 bits per heavy atom.